The minimum atomic E-state index is -0.123. The molecule has 0 aliphatic carbocycles. The average molecular weight is 299 g/mol. The molecule has 0 fully saturated rings. The molecule has 2 rings (SSSR count). The molecule has 0 spiro atoms. The summed E-state index contributed by atoms with van der Waals surface area (Å²) in [4.78, 5) is 11.5. The number of anilines is 1. The van der Waals surface area contributed by atoms with Gasteiger partial charge in [-0.1, -0.05) is 23.2 Å². The molecule has 0 radical (unpaired) electrons. The predicted octanol–water partition coefficient (Wildman–Crippen LogP) is 2.82. The van der Waals surface area contributed by atoms with Crippen molar-refractivity contribution in [2.45, 2.75) is 6.54 Å². The molecule has 0 aliphatic heterocycles. The van der Waals surface area contributed by atoms with Crippen LogP contribution >= 0.6 is 23.2 Å². The largest absolute Gasteiger partial charge is 0.492 e. The molecule has 0 aliphatic rings. The smallest absolute Gasteiger partial charge is 0.250 e. The number of hydrogen-bond acceptors (Lipinski definition) is 3. The summed E-state index contributed by atoms with van der Waals surface area (Å²) in [5.74, 6) is 0.564. The zero-order valence-corrected chi connectivity index (χ0v) is 11.5. The van der Waals surface area contributed by atoms with Gasteiger partial charge in [0.15, 0.2) is 0 Å². The molecule has 0 amide bonds. The SMILES string of the molecule is Nc1ccc(=O)n(CCOc2cc(Cl)cc(Cl)c2)c1. The average Bonchev–Trinajstić information content (AvgIpc) is 2.32. The summed E-state index contributed by atoms with van der Waals surface area (Å²) in [5.41, 5.74) is 6.02. The fraction of sp³-hybridized carbons (Fsp3) is 0.154. The van der Waals surface area contributed by atoms with Gasteiger partial charge in [0.1, 0.15) is 12.4 Å². The maximum atomic E-state index is 11.5. The number of nitrogen functional groups attached to an aromatic ring is 1. The number of nitrogens with zero attached hydrogens (tertiary/aromatic N) is 1. The number of pyridine rings is 1. The number of hydrogen-bond donors (Lipinski definition) is 1. The van der Waals surface area contributed by atoms with E-state index in [1.807, 2.05) is 0 Å². The van der Waals surface area contributed by atoms with E-state index in [4.69, 9.17) is 33.7 Å². The standard InChI is InChI=1S/C13H12Cl2N2O2/c14-9-5-10(15)7-12(6-9)19-4-3-17-8-11(16)1-2-13(17)18/h1-2,5-8H,3-4,16H2. The Morgan fingerprint density at radius 3 is 2.53 bits per heavy atom. The Bertz CT molecular complexity index is 621. The van der Waals surface area contributed by atoms with Gasteiger partial charge in [-0.05, 0) is 24.3 Å². The van der Waals surface area contributed by atoms with Crippen LogP contribution in [0.25, 0.3) is 0 Å². The lowest BCUT2D eigenvalue weighted by molar-refractivity contribution is 0.296. The van der Waals surface area contributed by atoms with Gasteiger partial charge in [-0.2, -0.15) is 0 Å². The molecule has 0 atom stereocenters. The quantitative estimate of drug-likeness (QED) is 0.944. The molecule has 6 heteroatoms. The summed E-state index contributed by atoms with van der Waals surface area (Å²) >= 11 is 11.7. The summed E-state index contributed by atoms with van der Waals surface area (Å²) in [5, 5.41) is 1.01. The number of rotatable bonds is 4. The van der Waals surface area contributed by atoms with Crippen LogP contribution in [-0.4, -0.2) is 11.2 Å². The fourth-order valence-electron chi connectivity index (χ4n) is 1.60. The van der Waals surface area contributed by atoms with E-state index in [0.29, 0.717) is 34.6 Å². The maximum Gasteiger partial charge on any atom is 0.250 e. The number of aromatic nitrogens is 1. The van der Waals surface area contributed by atoms with Crippen LogP contribution in [-0.2, 0) is 6.54 Å². The van der Waals surface area contributed by atoms with Gasteiger partial charge >= 0.3 is 0 Å². The van der Waals surface area contributed by atoms with Gasteiger partial charge in [0, 0.05) is 28.0 Å². The molecular weight excluding hydrogens is 287 g/mol. The third-order valence-electron chi connectivity index (χ3n) is 2.44. The minimum Gasteiger partial charge on any atom is -0.492 e. The van der Waals surface area contributed by atoms with Gasteiger partial charge in [-0.15, -0.1) is 0 Å². The van der Waals surface area contributed by atoms with Crippen molar-refractivity contribution in [2.75, 3.05) is 12.3 Å². The molecule has 2 N–H and O–H groups in total. The van der Waals surface area contributed by atoms with E-state index in [1.54, 1.807) is 30.5 Å². The Morgan fingerprint density at radius 2 is 1.84 bits per heavy atom. The highest BCUT2D eigenvalue weighted by Gasteiger charge is 2.01. The van der Waals surface area contributed by atoms with E-state index in [1.165, 1.54) is 10.6 Å². The van der Waals surface area contributed by atoms with Gasteiger partial charge in [-0.3, -0.25) is 4.79 Å². The van der Waals surface area contributed by atoms with E-state index >= 15 is 0 Å². The van der Waals surface area contributed by atoms with Gasteiger partial charge < -0.3 is 15.0 Å². The lowest BCUT2D eigenvalue weighted by atomic mass is 10.3. The van der Waals surface area contributed by atoms with Gasteiger partial charge in [0.25, 0.3) is 5.56 Å². The molecule has 19 heavy (non-hydrogen) atoms. The molecule has 1 heterocycles. The summed E-state index contributed by atoms with van der Waals surface area (Å²) in [6, 6.07) is 7.94. The van der Waals surface area contributed by atoms with Crippen LogP contribution in [0.3, 0.4) is 0 Å². The predicted molar refractivity (Wildman–Crippen MR) is 77.1 cm³/mol. The van der Waals surface area contributed by atoms with Crippen molar-refractivity contribution in [3.8, 4) is 5.75 Å². The summed E-state index contributed by atoms with van der Waals surface area (Å²) < 4.78 is 6.98. The molecular formula is C13H12Cl2N2O2. The van der Waals surface area contributed by atoms with Crippen molar-refractivity contribution < 1.29 is 4.74 Å². The van der Waals surface area contributed by atoms with Crippen LogP contribution in [0.15, 0.2) is 41.3 Å². The summed E-state index contributed by atoms with van der Waals surface area (Å²) in [7, 11) is 0. The van der Waals surface area contributed by atoms with E-state index < -0.39 is 0 Å². The first-order chi connectivity index (χ1) is 9.04. The monoisotopic (exact) mass is 298 g/mol. The fourth-order valence-corrected chi connectivity index (χ4v) is 2.10. The molecule has 1 aromatic carbocycles. The molecule has 2 aromatic rings. The Balaban J connectivity index is 2.00. The first-order valence-corrected chi connectivity index (χ1v) is 6.35. The minimum absolute atomic E-state index is 0.123. The lowest BCUT2D eigenvalue weighted by Crippen LogP contribution is -2.22. The number of nitrogens with two attached hydrogens (primary N) is 1. The van der Waals surface area contributed by atoms with Crippen LogP contribution in [0.4, 0.5) is 5.69 Å². The molecule has 0 unspecified atom stereocenters. The molecule has 0 bridgehead atoms. The molecule has 0 saturated heterocycles. The maximum absolute atomic E-state index is 11.5. The number of ether oxygens (including phenoxy) is 1. The highest BCUT2D eigenvalue weighted by Crippen LogP contribution is 2.24. The second kappa shape index (κ2) is 5.99. The number of benzene rings is 1. The van der Waals surface area contributed by atoms with Crippen molar-refractivity contribution in [1.82, 2.24) is 4.57 Å². The lowest BCUT2D eigenvalue weighted by Gasteiger charge is -2.09. The van der Waals surface area contributed by atoms with Crippen molar-refractivity contribution in [3.63, 3.8) is 0 Å². The van der Waals surface area contributed by atoms with Crippen molar-refractivity contribution in [3.05, 3.63) is 56.9 Å². The van der Waals surface area contributed by atoms with Crippen LogP contribution in [0.1, 0.15) is 0 Å². The number of halogens is 2. The van der Waals surface area contributed by atoms with E-state index in [-0.39, 0.29) is 5.56 Å². The molecule has 100 valence electrons. The van der Waals surface area contributed by atoms with Crippen LogP contribution < -0.4 is 16.0 Å². The Kier molecular flexibility index (Phi) is 4.35. The molecule has 0 saturated carbocycles. The van der Waals surface area contributed by atoms with Gasteiger partial charge in [0.05, 0.1) is 6.54 Å². The van der Waals surface area contributed by atoms with Crippen LogP contribution in [0.5, 0.6) is 5.75 Å². The topological polar surface area (TPSA) is 57.2 Å². The Labute approximate surface area is 120 Å². The second-order valence-electron chi connectivity index (χ2n) is 3.95. The van der Waals surface area contributed by atoms with E-state index in [0.717, 1.165) is 0 Å². The normalized spacial score (nSPS) is 10.4. The summed E-state index contributed by atoms with van der Waals surface area (Å²) in [6.07, 6.45) is 1.58. The van der Waals surface area contributed by atoms with Gasteiger partial charge in [0.2, 0.25) is 0 Å². The van der Waals surface area contributed by atoms with E-state index in [2.05, 4.69) is 0 Å². The second-order valence-corrected chi connectivity index (χ2v) is 4.82. The third-order valence-corrected chi connectivity index (χ3v) is 2.88. The molecule has 4 nitrogen and oxygen atoms in total. The molecule has 1 aromatic heterocycles. The Hall–Kier alpha value is -1.65. The van der Waals surface area contributed by atoms with E-state index in [9.17, 15) is 4.79 Å². The first kappa shape index (κ1) is 13.8. The van der Waals surface area contributed by atoms with Crippen molar-refractivity contribution >= 4 is 28.9 Å². The first-order valence-electron chi connectivity index (χ1n) is 5.59. The van der Waals surface area contributed by atoms with Crippen LogP contribution in [0.2, 0.25) is 10.0 Å². The Morgan fingerprint density at radius 1 is 1.16 bits per heavy atom. The van der Waals surface area contributed by atoms with Gasteiger partial charge in [-0.25, -0.2) is 0 Å². The highest BCUT2D eigenvalue weighted by atomic mass is 35.5. The zero-order valence-electron chi connectivity index (χ0n) is 9.98. The van der Waals surface area contributed by atoms with Crippen molar-refractivity contribution in [1.29, 1.82) is 0 Å². The van der Waals surface area contributed by atoms with Crippen LogP contribution in [0, 0.1) is 0 Å². The third kappa shape index (κ3) is 3.91. The summed E-state index contributed by atoms with van der Waals surface area (Å²) in [6.45, 7) is 0.716. The van der Waals surface area contributed by atoms with Crippen molar-refractivity contribution in [2.24, 2.45) is 0 Å². The highest BCUT2D eigenvalue weighted by molar-refractivity contribution is 6.34. The zero-order chi connectivity index (χ0) is 13.8.